The Morgan fingerprint density at radius 2 is 1.74 bits per heavy atom. The Balaban J connectivity index is 1.85. The van der Waals surface area contributed by atoms with Gasteiger partial charge in [0.1, 0.15) is 22.5 Å². The molecule has 2 aromatic carbocycles. The quantitative estimate of drug-likeness (QED) is 0.290. The third kappa shape index (κ3) is 6.73. The first-order chi connectivity index (χ1) is 16.1. The van der Waals surface area contributed by atoms with E-state index in [2.05, 4.69) is 10.2 Å². The number of hydrogen-bond donors (Lipinski definition) is 2. The van der Waals surface area contributed by atoms with Crippen LogP contribution in [0.5, 0.6) is 5.75 Å². The molecule has 0 spiro atoms. The number of phenols is 1. The first-order valence-electron chi connectivity index (χ1n) is 11.0. The van der Waals surface area contributed by atoms with E-state index < -0.39 is 16.4 Å². The number of phenolic OH excluding ortho intramolecular Hbond substituents is 1. The van der Waals surface area contributed by atoms with Crippen molar-refractivity contribution in [1.82, 2.24) is 19.9 Å². The summed E-state index contributed by atoms with van der Waals surface area (Å²) in [5, 5.41) is 20.1. The maximum absolute atomic E-state index is 11.2. The number of fused-ring (bicyclic) bond motifs is 1. The Bertz CT molecular complexity index is 1180. The van der Waals surface area contributed by atoms with E-state index in [1.165, 1.54) is 19.0 Å². The van der Waals surface area contributed by atoms with Gasteiger partial charge in [-0.05, 0) is 62.6 Å². The van der Waals surface area contributed by atoms with Crippen molar-refractivity contribution < 1.29 is 27.6 Å². The monoisotopic (exact) mass is 492 g/mol. The number of aromatic nitrogens is 3. The lowest BCUT2D eigenvalue weighted by atomic mass is 10.0. The van der Waals surface area contributed by atoms with E-state index in [-0.39, 0.29) is 24.0 Å². The number of methoxy groups -OCH3 is 2. The summed E-state index contributed by atoms with van der Waals surface area (Å²) in [7, 11) is -0.976. The molecule has 0 radical (unpaired) electrons. The Labute approximate surface area is 199 Å². The van der Waals surface area contributed by atoms with Crippen molar-refractivity contribution in [3.8, 4) is 11.4 Å². The maximum Gasteiger partial charge on any atom is 0.264 e. The lowest BCUT2D eigenvalue weighted by Gasteiger charge is -2.32. The molecule has 0 saturated carbocycles. The molecule has 2 N–H and O–H groups in total. The van der Waals surface area contributed by atoms with Crippen molar-refractivity contribution in [2.45, 2.75) is 39.0 Å². The lowest BCUT2D eigenvalue weighted by Crippen LogP contribution is -2.42. The molecule has 0 aliphatic carbocycles. The highest BCUT2D eigenvalue weighted by Gasteiger charge is 2.22. The number of rotatable bonds is 12. The van der Waals surface area contributed by atoms with Crippen LogP contribution >= 0.6 is 0 Å². The predicted octanol–water partition coefficient (Wildman–Crippen LogP) is 2.56. The molecule has 1 heterocycles. The minimum absolute atomic E-state index is 0.0886. The van der Waals surface area contributed by atoms with Crippen LogP contribution in [0.3, 0.4) is 0 Å². The summed E-state index contributed by atoms with van der Waals surface area (Å²) in [6, 6.07) is 11.1. The molecule has 1 aromatic heterocycles. The van der Waals surface area contributed by atoms with Crippen molar-refractivity contribution in [3.63, 3.8) is 0 Å². The highest BCUT2D eigenvalue weighted by atomic mass is 32.2. The molecule has 0 fully saturated rings. The Morgan fingerprint density at radius 1 is 1.12 bits per heavy atom. The highest BCUT2D eigenvalue weighted by molar-refractivity contribution is 7.85. The maximum atomic E-state index is 11.2. The van der Waals surface area contributed by atoms with Gasteiger partial charge in [-0.25, -0.2) is 0 Å². The van der Waals surface area contributed by atoms with Crippen LogP contribution in [0.2, 0.25) is 0 Å². The predicted molar refractivity (Wildman–Crippen MR) is 129 cm³/mol. The largest absolute Gasteiger partial charge is 0.505 e. The van der Waals surface area contributed by atoms with E-state index >= 15 is 0 Å². The van der Waals surface area contributed by atoms with Crippen LogP contribution in [0.4, 0.5) is 0 Å². The fourth-order valence-corrected chi connectivity index (χ4v) is 4.43. The molecule has 186 valence electrons. The van der Waals surface area contributed by atoms with Gasteiger partial charge in [0.05, 0.1) is 5.75 Å². The van der Waals surface area contributed by atoms with Crippen LogP contribution < -0.4 is 0 Å². The molecule has 0 aliphatic heterocycles. The van der Waals surface area contributed by atoms with Gasteiger partial charge in [-0.3, -0.25) is 9.45 Å². The molecular formula is C23H32N4O6S. The van der Waals surface area contributed by atoms with Gasteiger partial charge in [-0.2, -0.15) is 8.42 Å². The molecule has 34 heavy (non-hydrogen) atoms. The van der Waals surface area contributed by atoms with Gasteiger partial charge in [0.2, 0.25) is 0 Å². The summed E-state index contributed by atoms with van der Waals surface area (Å²) in [6.45, 7) is 4.72. The van der Waals surface area contributed by atoms with Crippen LogP contribution in [0, 0.1) is 6.92 Å². The lowest BCUT2D eigenvalue weighted by molar-refractivity contribution is -0.119. The zero-order chi connectivity index (χ0) is 24.9. The first-order valence-corrected chi connectivity index (χ1v) is 12.6. The second-order valence-corrected chi connectivity index (χ2v) is 9.93. The minimum Gasteiger partial charge on any atom is -0.505 e. The van der Waals surface area contributed by atoms with Crippen LogP contribution in [-0.2, 0) is 26.0 Å². The summed E-state index contributed by atoms with van der Waals surface area (Å²) in [5.74, 6) is -0.246. The second kappa shape index (κ2) is 11.2. The summed E-state index contributed by atoms with van der Waals surface area (Å²) in [6.07, 6.45) is 0.224. The standard InChI is InChI=1S/C23H32N4O6S/c1-16-12-18(23(28)21(13-16)27-24-19-8-5-6-9-20(19)25-27)14-17(2)26(15-22(32-3)33-4)10-7-11-34(29,30)31/h5-6,8-9,12-13,17,22,28H,7,10-11,14-15H2,1-4H3,(H,29,30,31). The second-order valence-electron chi connectivity index (χ2n) is 8.36. The Morgan fingerprint density at radius 3 is 2.29 bits per heavy atom. The fourth-order valence-electron chi connectivity index (χ4n) is 3.93. The van der Waals surface area contributed by atoms with Crippen molar-refractivity contribution in [3.05, 3.63) is 47.5 Å². The number of hydrogen-bond acceptors (Lipinski definition) is 8. The minimum atomic E-state index is -4.05. The molecule has 0 bridgehead atoms. The van der Waals surface area contributed by atoms with E-state index in [9.17, 15) is 13.5 Å². The smallest absolute Gasteiger partial charge is 0.264 e. The first kappa shape index (κ1) is 26.0. The molecule has 3 rings (SSSR count). The molecule has 10 nitrogen and oxygen atoms in total. The molecule has 1 atom stereocenters. The number of nitrogens with zero attached hydrogens (tertiary/aromatic N) is 4. The third-order valence-electron chi connectivity index (χ3n) is 5.71. The third-order valence-corrected chi connectivity index (χ3v) is 6.52. The van der Waals surface area contributed by atoms with E-state index in [1.807, 2.05) is 55.1 Å². The van der Waals surface area contributed by atoms with Crippen molar-refractivity contribution in [2.24, 2.45) is 0 Å². The Kier molecular flexibility index (Phi) is 8.61. The molecular weight excluding hydrogens is 460 g/mol. The van der Waals surface area contributed by atoms with Crippen LogP contribution in [0.25, 0.3) is 16.7 Å². The topological polar surface area (TPSA) is 127 Å². The number of aromatic hydroxyl groups is 1. The summed E-state index contributed by atoms with van der Waals surface area (Å²) < 4.78 is 42.1. The molecule has 0 amide bonds. The number of aryl methyl sites for hydroxylation is 1. The van der Waals surface area contributed by atoms with Crippen LogP contribution in [0.15, 0.2) is 36.4 Å². The average Bonchev–Trinajstić information content (AvgIpc) is 3.21. The number of ether oxygens (including phenoxy) is 2. The fraction of sp³-hybridized carbons (Fsp3) is 0.478. The van der Waals surface area contributed by atoms with Gasteiger partial charge in [0.25, 0.3) is 10.1 Å². The van der Waals surface area contributed by atoms with Crippen LogP contribution in [-0.4, -0.2) is 83.4 Å². The van der Waals surface area contributed by atoms with E-state index in [4.69, 9.17) is 14.0 Å². The molecule has 11 heteroatoms. The zero-order valence-electron chi connectivity index (χ0n) is 19.9. The summed E-state index contributed by atoms with van der Waals surface area (Å²) >= 11 is 0. The number of benzene rings is 2. The molecule has 0 aliphatic rings. The molecule has 1 unspecified atom stereocenters. The molecule has 3 aromatic rings. The van der Waals surface area contributed by atoms with E-state index in [1.54, 1.807) is 0 Å². The normalized spacial score (nSPS) is 13.3. The van der Waals surface area contributed by atoms with Crippen molar-refractivity contribution in [1.29, 1.82) is 0 Å². The van der Waals surface area contributed by atoms with Crippen LogP contribution in [0.1, 0.15) is 24.5 Å². The molecule has 0 saturated heterocycles. The van der Waals surface area contributed by atoms with Gasteiger partial charge in [-0.15, -0.1) is 15.0 Å². The van der Waals surface area contributed by atoms with Gasteiger partial charge >= 0.3 is 0 Å². The van der Waals surface area contributed by atoms with E-state index in [0.717, 1.165) is 22.2 Å². The van der Waals surface area contributed by atoms with Gasteiger partial charge in [0.15, 0.2) is 6.29 Å². The summed E-state index contributed by atoms with van der Waals surface area (Å²) in [5.41, 5.74) is 3.61. The Hall–Kier alpha value is -2.57. The average molecular weight is 493 g/mol. The SMILES string of the molecule is COC(CN(CCCS(=O)(=O)O)C(C)Cc1cc(C)cc(-n2nc3ccccc3n2)c1O)OC. The van der Waals surface area contributed by atoms with Gasteiger partial charge in [0, 0.05) is 26.8 Å². The van der Waals surface area contributed by atoms with Crippen molar-refractivity contribution >= 4 is 21.2 Å². The van der Waals surface area contributed by atoms with Gasteiger partial charge < -0.3 is 14.6 Å². The highest BCUT2D eigenvalue weighted by Crippen LogP contribution is 2.29. The summed E-state index contributed by atoms with van der Waals surface area (Å²) in [4.78, 5) is 3.46. The van der Waals surface area contributed by atoms with E-state index in [0.29, 0.717) is 25.2 Å². The van der Waals surface area contributed by atoms with Gasteiger partial charge in [-0.1, -0.05) is 18.2 Å². The van der Waals surface area contributed by atoms with Crippen molar-refractivity contribution in [2.75, 3.05) is 33.1 Å². The zero-order valence-corrected chi connectivity index (χ0v) is 20.7.